The molecule has 0 aliphatic carbocycles. The third kappa shape index (κ3) is 6.86. The molecule has 0 saturated carbocycles. The quantitative estimate of drug-likeness (QED) is 0.620. The topological polar surface area (TPSA) is 0 Å². The van der Waals surface area contributed by atoms with Crippen LogP contribution in [0.5, 0.6) is 0 Å². The summed E-state index contributed by atoms with van der Waals surface area (Å²) in [5, 5.41) is 3.25. The van der Waals surface area contributed by atoms with E-state index in [1.165, 1.54) is 25.2 Å². The van der Waals surface area contributed by atoms with E-state index in [1.54, 1.807) is 10.6 Å². The lowest BCUT2D eigenvalue weighted by atomic mass is 10.2. The molecule has 0 heterocycles. The molecule has 2 atom stereocenters. The lowest BCUT2D eigenvalue weighted by Crippen LogP contribution is -2.16. The van der Waals surface area contributed by atoms with Gasteiger partial charge in [-0.2, -0.15) is 0 Å². The van der Waals surface area contributed by atoms with Gasteiger partial charge in [0.2, 0.25) is 0 Å². The first kappa shape index (κ1) is 16.1. The average molecular weight is 282 g/mol. The van der Waals surface area contributed by atoms with Crippen molar-refractivity contribution in [2.45, 2.75) is 40.5 Å². The van der Waals surface area contributed by atoms with E-state index in [-0.39, 0.29) is 0 Å². The second kappa shape index (κ2) is 9.06. The molecular weight excluding hydrogens is 254 g/mol. The Balaban J connectivity index is 2.45. The molecule has 0 saturated heterocycles. The monoisotopic (exact) mass is 282 g/mol. The molecule has 2 unspecified atom stereocenters. The molecule has 0 bridgehead atoms. The molecule has 0 fully saturated rings. The lowest BCUT2D eigenvalue weighted by molar-refractivity contribution is 0.631. The molecule has 1 aromatic rings. The fraction of sp³-hybridized carbons (Fsp3) is 0.625. The van der Waals surface area contributed by atoms with Crippen LogP contribution < -0.4 is 10.6 Å². The highest BCUT2D eigenvalue weighted by atomic mass is 31.1. The zero-order valence-electron chi connectivity index (χ0n) is 12.3. The predicted molar refractivity (Wildman–Crippen MR) is 91.0 cm³/mol. The van der Waals surface area contributed by atoms with Crippen LogP contribution in [0.25, 0.3) is 0 Å². The van der Waals surface area contributed by atoms with Crippen LogP contribution in [0.15, 0.2) is 24.3 Å². The van der Waals surface area contributed by atoms with Gasteiger partial charge < -0.3 is 0 Å². The molecular formula is C16H28P2. The van der Waals surface area contributed by atoms with Crippen molar-refractivity contribution in [2.75, 3.05) is 12.3 Å². The van der Waals surface area contributed by atoms with Crippen LogP contribution in [0, 0.1) is 11.8 Å². The van der Waals surface area contributed by atoms with Crippen LogP contribution in [0.4, 0.5) is 0 Å². The fourth-order valence-electron chi connectivity index (χ4n) is 1.78. The van der Waals surface area contributed by atoms with Gasteiger partial charge in [-0.1, -0.05) is 69.1 Å². The minimum atomic E-state index is 0.841. The number of hydrogen-bond acceptors (Lipinski definition) is 0. The summed E-state index contributed by atoms with van der Waals surface area (Å²) in [5.41, 5.74) is 0. The summed E-state index contributed by atoms with van der Waals surface area (Å²) in [6.45, 7) is 9.28. The maximum atomic E-state index is 2.34. The second-order valence-corrected chi connectivity index (χ2v) is 8.55. The van der Waals surface area contributed by atoms with Crippen LogP contribution in [0.1, 0.15) is 40.5 Å². The van der Waals surface area contributed by atoms with E-state index in [0.29, 0.717) is 0 Å². The second-order valence-electron chi connectivity index (χ2n) is 5.76. The molecule has 0 nitrogen and oxygen atoms in total. The van der Waals surface area contributed by atoms with Crippen molar-refractivity contribution in [3.8, 4) is 0 Å². The van der Waals surface area contributed by atoms with E-state index in [1.807, 2.05) is 0 Å². The molecule has 2 heteroatoms. The first-order chi connectivity index (χ1) is 8.59. The Hall–Kier alpha value is 0.0800. The molecule has 0 amide bonds. The minimum Gasteiger partial charge on any atom is -0.0897 e. The van der Waals surface area contributed by atoms with Crippen LogP contribution in [-0.2, 0) is 0 Å². The molecule has 0 radical (unpaired) electrons. The summed E-state index contributed by atoms with van der Waals surface area (Å²) in [6, 6.07) is 9.09. The maximum Gasteiger partial charge on any atom is -0.0198 e. The highest BCUT2D eigenvalue weighted by molar-refractivity contribution is 7.54. The van der Waals surface area contributed by atoms with E-state index in [9.17, 15) is 0 Å². The van der Waals surface area contributed by atoms with E-state index >= 15 is 0 Å². The van der Waals surface area contributed by atoms with Gasteiger partial charge in [0, 0.05) is 0 Å². The van der Waals surface area contributed by atoms with E-state index in [2.05, 4.69) is 52.0 Å². The summed E-state index contributed by atoms with van der Waals surface area (Å²) in [7, 11) is 2.02. The summed E-state index contributed by atoms with van der Waals surface area (Å²) in [6.07, 6.45) is 5.45. The van der Waals surface area contributed by atoms with Gasteiger partial charge in [0.25, 0.3) is 0 Å². The molecule has 18 heavy (non-hydrogen) atoms. The molecule has 0 aromatic heterocycles. The lowest BCUT2D eigenvalue weighted by Gasteiger charge is -2.11. The molecule has 0 N–H and O–H groups in total. The van der Waals surface area contributed by atoms with Gasteiger partial charge in [-0.15, -0.1) is 0 Å². The van der Waals surface area contributed by atoms with Gasteiger partial charge >= 0.3 is 0 Å². The van der Waals surface area contributed by atoms with Gasteiger partial charge in [-0.25, -0.2) is 0 Å². The van der Waals surface area contributed by atoms with Crippen molar-refractivity contribution in [1.82, 2.24) is 0 Å². The third-order valence-electron chi connectivity index (χ3n) is 3.00. The number of benzene rings is 1. The predicted octanol–water partition coefficient (Wildman–Crippen LogP) is 4.39. The Labute approximate surface area is 117 Å². The molecule has 1 rings (SSSR count). The number of hydrogen-bond donors (Lipinski definition) is 0. The smallest absolute Gasteiger partial charge is 0.0198 e. The van der Waals surface area contributed by atoms with Crippen LogP contribution >= 0.6 is 17.2 Å². The third-order valence-corrected chi connectivity index (χ3v) is 5.96. The molecule has 1 aromatic carbocycles. The SMILES string of the molecule is CC(C)CCPc1ccccc1PCCC(C)C. The Morgan fingerprint density at radius 3 is 1.50 bits per heavy atom. The van der Waals surface area contributed by atoms with Crippen molar-refractivity contribution < 1.29 is 0 Å². The Bertz CT molecular complexity index is 299. The minimum absolute atomic E-state index is 0.841. The molecule has 0 aliphatic heterocycles. The van der Waals surface area contributed by atoms with Gasteiger partial charge in [0.1, 0.15) is 0 Å². The van der Waals surface area contributed by atoms with Crippen LogP contribution in [0.2, 0.25) is 0 Å². The van der Waals surface area contributed by atoms with Gasteiger partial charge in [0.05, 0.1) is 0 Å². The maximum absolute atomic E-state index is 2.34. The van der Waals surface area contributed by atoms with Crippen molar-refractivity contribution in [2.24, 2.45) is 11.8 Å². The molecule has 0 aliphatic rings. The Morgan fingerprint density at radius 1 is 0.778 bits per heavy atom. The van der Waals surface area contributed by atoms with Gasteiger partial charge in [-0.3, -0.25) is 0 Å². The molecule has 102 valence electrons. The highest BCUT2D eigenvalue weighted by Gasteiger charge is 2.03. The van der Waals surface area contributed by atoms with Crippen molar-refractivity contribution in [1.29, 1.82) is 0 Å². The van der Waals surface area contributed by atoms with Crippen molar-refractivity contribution in [3.05, 3.63) is 24.3 Å². The number of rotatable bonds is 8. The zero-order chi connectivity index (χ0) is 13.4. The Morgan fingerprint density at radius 2 is 1.17 bits per heavy atom. The van der Waals surface area contributed by atoms with Gasteiger partial charge in [0.15, 0.2) is 0 Å². The fourth-order valence-corrected chi connectivity index (χ4v) is 5.27. The van der Waals surface area contributed by atoms with E-state index < -0.39 is 0 Å². The van der Waals surface area contributed by atoms with E-state index in [0.717, 1.165) is 29.0 Å². The van der Waals surface area contributed by atoms with Crippen molar-refractivity contribution in [3.63, 3.8) is 0 Å². The average Bonchev–Trinajstić information content (AvgIpc) is 2.30. The summed E-state index contributed by atoms with van der Waals surface area (Å²) in [4.78, 5) is 0. The summed E-state index contributed by atoms with van der Waals surface area (Å²) < 4.78 is 0. The summed E-state index contributed by atoms with van der Waals surface area (Å²) in [5.74, 6) is 1.68. The summed E-state index contributed by atoms with van der Waals surface area (Å²) >= 11 is 0. The zero-order valence-corrected chi connectivity index (χ0v) is 14.3. The first-order valence-electron chi connectivity index (χ1n) is 7.16. The van der Waals surface area contributed by atoms with Crippen LogP contribution in [-0.4, -0.2) is 12.3 Å². The van der Waals surface area contributed by atoms with Crippen molar-refractivity contribution >= 4 is 27.8 Å². The molecule has 0 spiro atoms. The Kier molecular flexibility index (Phi) is 8.12. The highest BCUT2D eigenvalue weighted by Crippen LogP contribution is 2.20. The van der Waals surface area contributed by atoms with E-state index in [4.69, 9.17) is 0 Å². The largest absolute Gasteiger partial charge is 0.0897 e. The van der Waals surface area contributed by atoms with Gasteiger partial charge in [-0.05, 0) is 47.6 Å². The standard InChI is InChI=1S/C16H28P2/c1-13(2)9-11-17-15-7-5-6-8-16(15)18-12-10-14(3)4/h5-8,13-14,17-18H,9-12H2,1-4H3. The normalized spacial score (nSPS) is 12.8. The first-order valence-corrected chi connectivity index (χ1v) is 9.57. The van der Waals surface area contributed by atoms with Crippen LogP contribution in [0.3, 0.4) is 0 Å².